The van der Waals surface area contributed by atoms with E-state index in [1.54, 1.807) is 0 Å². The molecule has 0 aliphatic carbocycles. The normalized spacial score (nSPS) is 12.9. The molecule has 0 heterocycles. The van der Waals surface area contributed by atoms with Gasteiger partial charge in [-0.1, -0.05) is 34.6 Å². The number of alkyl halides is 21. The number of halogens is 21. The van der Waals surface area contributed by atoms with Crippen LogP contribution in [0.15, 0.2) is 0 Å². The summed E-state index contributed by atoms with van der Waals surface area (Å²) in [7, 11) is 0. The summed E-state index contributed by atoms with van der Waals surface area (Å²) in [5.74, 6) is -9.71. The van der Waals surface area contributed by atoms with Gasteiger partial charge < -0.3 is 0 Å². The average molecular weight is 656 g/mol. The van der Waals surface area contributed by atoms with Crippen molar-refractivity contribution in [3.8, 4) is 0 Å². The maximum absolute atomic E-state index is 11.2. The summed E-state index contributed by atoms with van der Waals surface area (Å²) >= 11 is 0. The maximum Gasteiger partial charge on any atom is 0.400 e. The van der Waals surface area contributed by atoms with Crippen LogP contribution in [0.1, 0.15) is 61.8 Å². The van der Waals surface area contributed by atoms with Gasteiger partial charge in [-0.3, -0.25) is 0 Å². The first kappa shape index (κ1) is 51.3. The molecule has 0 fully saturated rings. The van der Waals surface area contributed by atoms with E-state index in [1.807, 2.05) is 27.7 Å². The first-order valence-electron chi connectivity index (χ1n) is 10.5. The predicted octanol–water partition coefficient (Wildman–Crippen LogP) is 12.3. The molecule has 0 N–H and O–H groups in total. The zero-order valence-corrected chi connectivity index (χ0v) is 21.9. The van der Waals surface area contributed by atoms with Crippen molar-refractivity contribution < 1.29 is 92.2 Å². The SMILES string of the molecule is CC.CC.CC(C(F)(F)F)C(F)(F)F.CC(C(F)(F)F)C(F)(F)F.CC(C(F)(F)F)C(F)(F)F.CCC(F)(F)F. The summed E-state index contributed by atoms with van der Waals surface area (Å²) in [5, 5.41) is 0. The zero-order valence-electron chi connectivity index (χ0n) is 21.9. The molecule has 0 aromatic rings. The Balaban J connectivity index is -0.0000000935. The second-order valence-corrected chi connectivity index (χ2v) is 6.38. The van der Waals surface area contributed by atoms with Crippen molar-refractivity contribution in [2.24, 2.45) is 17.8 Å². The zero-order chi connectivity index (χ0) is 34.9. The fourth-order valence-corrected chi connectivity index (χ4v) is 0.557. The lowest BCUT2D eigenvalue weighted by Crippen LogP contribution is -2.33. The standard InChI is InChI=1S/3C4H4F6.C3H5F3.2C2H6/c3*1-2(3(5,6)7)4(8,9)10;1-2-3(4,5)6;2*1-2/h3*2H,1H3;2H2,1H3;2*1-2H3. The Kier molecular flexibility index (Phi) is 25.1. The quantitative estimate of drug-likeness (QED) is 0.228. The average Bonchev–Trinajstić information content (AvgIpc) is 2.72. The van der Waals surface area contributed by atoms with Crippen LogP contribution < -0.4 is 0 Å². The summed E-state index contributed by atoms with van der Waals surface area (Å²) in [6.07, 6.45) is -35.8. The molecule has 0 amide bonds. The van der Waals surface area contributed by atoms with Crippen molar-refractivity contribution in [3.05, 3.63) is 0 Å². The third-order valence-electron chi connectivity index (χ3n) is 3.35. The highest BCUT2D eigenvalue weighted by Gasteiger charge is 2.54. The Morgan fingerprint density at radius 1 is 0.325 bits per heavy atom. The molecule has 252 valence electrons. The molecule has 0 nitrogen and oxygen atoms in total. The number of rotatable bonds is 0. The molecule has 0 aromatic heterocycles. The van der Waals surface area contributed by atoms with E-state index in [9.17, 15) is 92.2 Å². The Hall–Kier alpha value is -1.47. The van der Waals surface area contributed by atoms with Crippen molar-refractivity contribution in [1.29, 1.82) is 0 Å². The Labute approximate surface area is 216 Å². The van der Waals surface area contributed by atoms with Crippen molar-refractivity contribution in [1.82, 2.24) is 0 Å². The largest absolute Gasteiger partial charge is 0.400 e. The van der Waals surface area contributed by atoms with Gasteiger partial charge in [-0.2, -0.15) is 92.2 Å². The molecule has 0 bridgehead atoms. The van der Waals surface area contributed by atoms with Crippen LogP contribution >= 0.6 is 0 Å². The van der Waals surface area contributed by atoms with Gasteiger partial charge in [0.1, 0.15) is 17.8 Å². The molecule has 0 radical (unpaired) electrons. The Bertz CT molecular complexity index is 453. The molecule has 0 saturated carbocycles. The van der Waals surface area contributed by atoms with E-state index >= 15 is 0 Å². The maximum atomic E-state index is 11.2. The van der Waals surface area contributed by atoms with Gasteiger partial charge >= 0.3 is 43.2 Å². The van der Waals surface area contributed by atoms with Crippen LogP contribution in [0.3, 0.4) is 0 Å². The van der Waals surface area contributed by atoms with Crippen molar-refractivity contribution >= 4 is 0 Å². The van der Waals surface area contributed by atoms with Crippen LogP contribution in [0.5, 0.6) is 0 Å². The molecule has 0 aliphatic heterocycles. The van der Waals surface area contributed by atoms with Crippen LogP contribution in [0.4, 0.5) is 92.2 Å². The predicted molar refractivity (Wildman–Crippen MR) is 103 cm³/mol. The van der Waals surface area contributed by atoms with E-state index in [2.05, 4.69) is 0 Å². The molecule has 0 aromatic carbocycles. The lowest BCUT2D eigenvalue weighted by Gasteiger charge is -2.17. The lowest BCUT2D eigenvalue weighted by atomic mass is 10.2. The third kappa shape index (κ3) is 32.7. The monoisotopic (exact) mass is 656 g/mol. The fourth-order valence-electron chi connectivity index (χ4n) is 0.557. The molecule has 0 unspecified atom stereocenters. The summed E-state index contributed by atoms with van der Waals surface area (Å²) in [5.41, 5.74) is 0. The number of hydrogen-bond acceptors (Lipinski definition) is 0. The third-order valence-corrected chi connectivity index (χ3v) is 3.35. The molecule has 0 aliphatic rings. The minimum absolute atomic E-state index is 0.0833. The minimum atomic E-state index is -5.18. The highest BCUT2D eigenvalue weighted by Crippen LogP contribution is 2.40. The van der Waals surface area contributed by atoms with Gasteiger partial charge in [-0.05, 0) is 20.8 Å². The van der Waals surface area contributed by atoms with Crippen molar-refractivity contribution in [2.75, 3.05) is 0 Å². The topological polar surface area (TPSA) is 0 Å². The molecular formula is C19H29F21. The van der Waals surface area contributed by atoms with E-state index in [-0.39, 0.29) is 20.8 Å². The molecule has 40 heavy (non-hydrogen) atoms. The van der Waals surface area contributed by atoms with Crippen LogP contribution in [-0.2, 0) is 0 Å². The molecule has 0 spiro atoms. The molecular weight excluding hydrogens is 627 g/mol. The van der Waals surface area contributed by atoms with Crippen molar-refractivity contribution in [3.63, 3.8) is 0 Å². The first-order valence-corrected chi connectivity index (χ1v) is 10.5. The summed E-state index contributed by atoms with van der Waals surface area (Å²) in [6, 6.07) is 0. The second-order valence-electron chi connectivity index (χ2n) is 6.38. The van der Waals surface area contributed by atoms with Crippen LogP contribution in [0.25, 0.3) is 0 Å². The van der Waals surface area contributed by atoms with E-state index in [0.29, 0.717) is 0 Å². The second kappa shape index (κ2) is 19.6. The summed E-state index contributed by atoms with van der Waals surface area (Å²) in [6.45, 7) is 9.33. The van der Waals surface area contributed by atoms with E-state index in [4.69, 9.17) is 0 Å². The summed E-state index contributed by atoms with van der Waals surface area (Å²) in [4.78, 5) is 0. The van der Waals surface area contributed by atoms with Crippen LogP contribution in [0.2, 0.25) is 0 Å². The van der Waals surface area contributed by atoms with Crippen LogP contribution in [-0.4, -0.2) is 43.2 Å². The lowest BCUT2D eigenvalue weighted by molar-refractivity contribution is -0.279. The highest BCUT2D eigenvalue weighted by molar-refractivity contribution is 4.70. The molecule has 21 heteroatoms. The highest BCUT2D eigenvalue weighted by atomic mass is 19.4. The van der Waals surface area contributed by atoms with Crippen LogP contribution in [0, 0.1) is 17.8 Å². The van der Waals surface area contributed by atoms with E-state index in [0.717, 1.165) is 6.92 Å². The van der Waals surface area contributed by atoms with E-state index < -0.39 is 67.4 Å². The Morgan fingerprint density at radius 2 is 0.400 bits per heavy atom. The van der Waals surface area contributed by atoms with Gasteiger partial charge in [-0.25, -0.2) is 0 Å². The van der Waals surface area contributed by atoms with Gasteiger partial charge in [0.15, 0.2) is 0 Å². The van der Waals surface area contributed by atoms with Gasteiger partial charge in [0.2, 0.25) is 0 Å². The van der Waals surface area contributed by atoms with Gasteiger partial charge in [0.05, 0.1) is 0 Å². The van der Waals surface area contributed by atoms with Gasteiger partial charge in [0.25, 0.3) is 0 Å². The minimum Gasteiger partial charge on any atom is -0.171 e. The Morgan fingerprint density at radius 3 is 0.400 bits per heavy atom. The van der Waals surface area contributed by atoms with E-state index in [1.165, 1.54) is 0 Å². The molecule has 0 saturated heterocycles. The number of hydrogen-bond donors (Lipinski definition) is 0. The molecule has 0 rings (SSSR count). The van der Waals surface area contributed by atoms with Crippen molar-refractivity contribution in [2.45, 2.75) is 105 Å². The summed E-state index contributed by atoms with van der Waals surface area (Å²) < 4.78 is 234. The van der Waals surface area contributed by atoms with Gasteiger partial charge in [-0.15, -0.1) is 0 Å². The first-order chi connectivity index (χ1) is 17.0. The smallest absolute Gasteiger partial charge is 0.171 e. The van der Waals surface area contributed by atoms with Gasteiger partial charge in [0, 0.05) is 6.42 Å². The molecule has 0 atom stereocenters. The fraction of sp³-hybridized carbons (Fsp3) is 1.00.